The van der Waals surface area contributed by atoms with Crippen molar-refractivity contribution in [2.75, 3.05) is 17.2 Å². The number of aromatic nitrogens is 3. The maximum absolute atomic E-state index is 5.65. The molecule has 0 aliphatic carbocycles. The lowest BCUT2D eigenvalue weighted by Gasteiger charge is -2.46. The van der Waals surface area contributed by atoms with Gasteiger partial charge in [0, 0.05) is 22.7 Å². The van der Waals surface area contributed by atoms with Crippen LogP contribution in [0.4, 0.5) is 11.9 Å². The normalized spacial score (nSPS) is 18.6. The Morgan fingerprint density at radius 3 is 2.33 bits per heavy atom. The van der Waals surface area contributed by atoms with Crippen LogP contribution < -0.4 is 20.7 Å². The van der Waals surface area contributed by atoms with Crippen molar-refractivity contribution in [1.82, 2.24) is 20.3 Å². The van der Waals surface area contributed by atoms with Gasteiger partial charge in [-0.3, -0.25) is 0 Å². The molecule has 0 radical (unpaired) electrons. The highest BCUT2D eigenvalue weighted by Gasteiger charge is 2.38. The van der Waals surface area contributed by atoms with E-state index in [-0.39, 0.29) is 22.7 Å². The number of unbranched alkanes of at least 4 members (excludes halogenated alkanes) is 2. The van der Waals surface area contributed by atoms with Crippen LogP contribution in [0.15, 0.2) is 12.7 Å². The zero-order valence-electron chi connectivity index (χ0n) is 20.1. The number of nitrogens with one attached hydrogen (secondary N) is 3. The number of rotatable bonds is 11. The number of hydrogen-bond acceptors (Lipinski definition) is 7. The highest BCUT2D eigenvalue weighted by Crippen LogP contribution is 2.30. The van der Waals surface area contributed by atoms with E-state index in [0.29, 0.717) is 24.5 Å². The van der Waals surface area contributed by atoms with Gasteiger partial charge in [0.15, 0.2) is 0 Å². The van der Waals surface area contributed by atoms with E-state index in [9.17, 15) is 0 Å². The van der Waals surface area contributed by atoms with Crippen molar-refractivity contribution in [2.45, 2.75) is 110 Å². The topological polar surface area (TPSA) is 84.0 Å². The van der Waals surface area contributed by atoms with Crippen LogP contribution in [0.3, 0.4) is 0 Å². The van der Waals surface area contributed by atoms with Gasteiger partial charge in [0.2, 0.25) is 11.9 Å². The second-order valence-electron chi connectivity index (χ2n) is 10.5. The van der Waals surface area contributed by atoms with Gasteiger partial charge in [-0.1, -0.05) is 38.8 Å². The Morgan fingerprint density at radius 2 is 1.73 bits per heavy atom. The van der Waals surface area contributed by atoms with Crippen molar-refractivity contribution in [3.8, 4) is 6.01 Å². The van der Waals surface area contributed by atoms with Crippen molar-refractivity contribution < 1.29 is 4.74 Å². The summed E-state index contributed by atoms with van der Waals surface area (Å²) in [7, 11) is 0. The molecule has 0 spiro atoms. The van der Waals surface area contributed by atoms with E-state index in [4.69, 9.17) is 4.74 Å². The van der Waals surface area contributed by atoms with E-state index in [0.717, 1.165) is 19.3 Å². The molecule has 0 atom stereocenters. The molecule has 0 amide bonds. The maximum Gasteiger partial charge on any atom is 0.323 e. The Bertz CT molecular complexity index is 685. The van der Waals surface area contributed by atoms with Gasteiger partial charge in [0.25, 0.3) is 0 Å². The van der Waals surface area contributed by atoms with Crippen molar-refractivity contribution in [3.63, 3.8) is 0 Å². The third-order valence-electron chi connectivity index (χ3n) is 5.32. The summed E-state index contributed by atoms with van der Waals surface area (Å²) < 4.78 is 5.65. The Balaban J connectivity index is 2.19. The SMILES string of the molecule is C=CCOc1nc(NC2CC(C)(C)NC(C)(C)C2)nc(NC(C)(C)CCCCC)n1. The average molecular weight is 419 g/mol. The lowest BCUT2D eigenvalue weighted by atomic mass is 9.80. The number of ether oxygens (including phenoxy) is 1. The Hall–Kier alpha value is -1.89. The van der Waals surface area contributed by atoms with E-state index in [2.05, 4.69) is 85.9 Å². The molecule has 0 bridgehead atoms. The van der Waals surface area contributed by atoms with Gasteiger partial charge in [0.1, 0.15) is 6.61 Å². The molecule has 1 aromatic rings. The molecule has 1 saturated heterocycles. The van der Waals surface area contributed by atoms with E-state index >= 15 is 0 Å². The highest BCUT2D eigenvalue weighted by atomic mass is 16.5. The molecule has 0 aromatic carbocycles. The molecule has 170 valence electrons. The quantitative estimate of drug-likeness (QED) is 0.347. The lowest BCUT2D eigenvalue weighted by molar-refractivity contribution is 0.170. The Morgan fingerprint density at radius 1 is 1.10 bits per heavy atom. The van der Waals surface area contributed by atoms with Gasteiger partial charge in [-0.25, -0.2) is 0 Å². The first-order valence-corrected chi connectivity index (χ1v) is 11.3. The first-order chi connectivity index (χ1) is 13.9. The predicted octanol–water partition coefficient (Wildman–Crippen LogP) is 4.93. The minimum Gasteiger partial charge on any atom is -0.459 e. The largest absolute Gasteiger partial charge is 0.459 e. The van der Waals surface area contributed by atoms with Crippen molar-refractivity contribution in [1.29, 1.82) is 0 Å². The predicted molar refractivity (Wildman–Crippen MR) is 125 cm³/mol. The summed E-state index contributed by atoms with van der Waals surface area (Å²) in [5.74, 6) is 1.09. The average Bonchev–Trinajstić information content (AvgIpc) is 2.56. The Kier molecular flexibility index (Phi) is 8.08. The van der Waals surface area contributed by atoms with Crippen LogP contribution in [0.1, 0.15) is 87.0 Å². The monoisotopic (exact) mass is 418 g/mol. The van der Waals surface area contributed by atoms with Crippen LogP contribution in [0.25, 0.3) is 0 Å². The number of nitrogens with zero attached hydrogens (tertiary/aromatic N) is 3. The standard InChI is InChI=1S/C23H42N6O/c1-9-11-12-13-21(3,4)28-19-25-18(26-20(27-19)30-14-10-2)24-17-15-22(5,6)29-23(7,8)16-17/h10,17,29H,2,9,11-16H2,1,3-8H3,(H2,24,25,26,27,28). The molecular formula is C23H42N6O. The van der Waals surface area contributed by atoms with E-state index in [1.807, 2.05) is 0 Å². The number of anilines is 2. The molecule has 30 heavy (non-hydrogen) atoms. The van der Waals surface area contributed by atoms with Crippen molar-refractivity contribution >= 4 is 11.9 Å². The molecule has 2 rings (SSSR count). The second-order valence-corrected chi connectivity index (χ2v) is 10.5. The van der Waals surface area contributed by atoms with Crippen LogP contribution in [-0.2, 0) is 0 Å². The third kappa shape index (κ3) is 8.09. The zero-order valence-corrected chi connectivity index (χ0v) is 20.1. The number of hydrogen-bond donors (Lipinski definition) is 3. The molecule has 0 saturated carbocycles. The summed E-state index contributed by atoms with van der Waals surface area (Å²) in [6.45, 7) is 19.6. The van der Waals surface area contributed by atoms with Crippen LogP contribution in [0.2, 0.25) is 0 Å². The maximum atomic E-state index is 5.65. The molecule has 7 heteroatoms. The molecule has 3 N–H and O–H groups in total. The van der Waals surface area contributed by atoms with E-state index in [1.54, 1.807) is 6.08 Å². The van der Waals surface area contributed by atoms with Crippen LogP contribution in [-0.4, -0.2) is 44.2 Å². The molecule has 2 heterocycles. The summed E-state index contributed by atoms with van der Waals surface area (Å²) in [6, 6.07) is 0.572. The first-order valence-electron chi connectivity index (χ1n) is 11.3. The Labute approximate surface area is 182 Å². The van der Waals surface area contributed by atoms with Gasteiger partial charge < -0.3 is 20.7 Å². The first kappa shape index (κ1) is 24.4. The molecule has 0 unspecified atom stereocenters. The summed E-state index contributed by atoms with van der Waals surface area (Å²) in [6.07, 6.45) is 8.31. The smallest absolute Gasteiger partial charge is 0.323 e. The molecule has 7 nitrogen and oxygen atoms in total. The number of piperidine rings is 1. The van der Waals surface area contributed by atoms with Crippen LogP contribution in [0.5, 0.6) is 6.01 Å². The molecule has 1 fully saturated rings. The van der Waals surface area contributed by atoms with Gasteiger partial charge in [-0.2, -0.15) is 15.0 Å². The van der Waals surface area contributed by atoms with Crippen molar-refractivity contribution in [3.05, 3.63) is 12.7 Å². The highest BCUT2D eigenvalue weighted by molar-refractivity contribution is 5.38. The molecular weight excluding hydrogens is 376 g/mol. The van der Waals surface area contributed by atoms with Crippen molar-refractivity contribution in [2.24, 2.45) is 0 Å². The summed E-state index contributed by atoms with van der Waals surface area (Å²) in [5.41, 5.74) is -0.0316. The lowest BCUT2D eigenvalue weighted by Crippen LogP contribution is -2.60. The fraction of sp³-hybridized carbons (Fsp3) is 0.783. The third-order valence-corrected chi connectivity index (χ3v) is 5.32. The summed E-state index contributed by atoms with van der Waals surface area (Å²) >= 11 is 0. The molecule has 1 aliphatic heterocycles. The fourth-order valence-electron chi connectivity index (χ4n) is 4.46. The van der Waals surface area contributed by atoms with Gasteiger partial charge >= 0.3 is 6.01 Å². The zero-order chi connectivity index (χ0) is 22.4. The van der Waals surface area contributed by atoms with Crippen LogP contribution >= 0.6 is 0 Å². The second kappa shape index (κ2) is 9.94. The van der Waals surface area contributed by atoms with Crippen LogP contribution in [0, 0.1) is 0 Å². The van der Waals surface area contributed by atoms with Gasteiger partial charge in [-0.15, -0.1) is 0 Å². The summed E-state index contributed by atoms with van der Waals surface area (Å²) in [4.78, 5) is 13.7. The van der Waals surface area contributed by atoms with Gasteiger partial charge in [0.05, 0.1) is 0 Å². The van der Waals surface area contributed by atoms with E-state index < -0.39 is 0 Å². The van der Waals surface area contributed by atoms with Gasteiger partial charge in [-0.05, 0) is 60.8 Å². The minimum atomic E-state index is -0.109. The molecule has 1 aliphatic rings. The molecule has 1 aromatic heterocycles. The summed E-state index contributed by atoms with van der Waals surface area (Å²) in [5, 5.41) is 10.7. The fourth-order valence-corrected chi connectivity index (χ4v) is 4.46. The van der Waals surface area contributed by atoms with E-state index in [1.165, 1.54) is 19.3 Å². The minimum absolute atomic E-state index is 0.0387.